The van der Waals surface area contributed by atoms with Crippen LogP contribution < -0.4 is 153 Å². The number of anilines is 18. The van der Waals surface area contributed by atoms with Crippen molar-refractivity contribution in [3.8, 4) is 69.0 Å². The van der Waals surface area contributed by atoms with E-state index in [2.05, 4.69) is 127 Å². The van der Waals surface area contributed by atoms with Crippen LogP contribution in [0.4, 0.5) is 107 Å². The molecule has 0 fully saturated rings. The van der Waals surface area contributed by atoms with Crippen LogP contribution in [0.1, 0.15) is 33.4 Å². The van der Waals surface area contributed by atoms with Crippen molar-refractivity contribution in [2.75, 3.05) is 241 Å². The summed E-state index contributed by atoms with van der Waals surface area (Å²) in [6.45, 7) is 5.61. The highest BCUT2D eigenvalue weighted by Gasteiger charge is 2.22. The monoisotopic (exact) mass is 1770 g/mol. The second-order valence-corrected chi connectivity index (χ2v) is 28.9. The van der Waals surface area contributed by atoms with E-state index in [-0.39, 0.29) is 76.4 Å². The summed E-state index contributed by atoms with van der Waals surface area (Å²) in [5.41, 5.74) is 40.1. The van der Waals surface area contributed by atoms with Crippen molar-refractivity contribution >= 4 is 107 Å². The highest BCUT2D eigenvalue weighted by Crippen LogP contribution is 2.38. The van der Waals surface area contributed by atoms with E-state index in [9.17, 15) is 0 Å². The van der Waals surface area contributed by atoms with Gasteiger partial charge in [-0.15, -0.1) is 0 Å². The summed E-state index contributed by atoms with van der Waals surface area (Å²) < 4.78 is 63.9. The molecule has 12 heterocycles. The number of ether oxygens (including phenoxy) is 12. The van der Waals surface area contributed by atoms with Crippen LogP contribution in [0.2, 0.25) is 0 Å². The minimum Gasteiger partial charge on any atom is -0.454 e. The third kappa shape index (κ3) is 25.8. The standard InChI is InChI=1S/C15H20N6O2.2C14H18N6O2.2C13H16N6O2.C12H14N6O2/c1-20(2)14-17-13(18-15(19-14)21(3)4)16-8-10-5-6-11-12(7-10)23-9-22-11;1-15-12-17-13(19-14(18-12)20(2)3)16-7-9-4-5-10-11(6-9)22-8-21-10;1-16-13-17-12(15)18-14(19-13)20(2)6-5-9-3-4-10-11(7-9)22-8-21-10;1-19(13-17-11(14)16-12(15)18-13)5-4-8-2-3-9-10(6-8)21-7-20-9;1-15-12-17-11(14)18-13(19-12)16-5-4-8-2-3-9-10(6-8)21-7-20-9;13-10-16-11(14)18-12(17-10)15-4-3-7-1-2-8-9(5-7)20-6-19-8/h5-7H,8-9H2,1-4H3,(H,16,17,18,19);4-6H,7-8H2,1-3H3,(H2,15,16,17,18,19);3-4,7H,5-6,8H2,1-2H3,(H3,15,16,17,18,19);2-3,6H,4-5,7H2,1H3,(H4,14,15,16,17,18);2-3,6H,4-5,7H2,1H3,(H4,14,15,16,17,18,19);1-2,5H,3-4,6H2,(H5,13,14,15,16,17,18). The number of nitrogen functional groups attached to an aromatic ring is 6. The fourth-order valence-electron chi connectivity index (χ4n) is 12.2. The summed E-state index contributed by atoms with van der Waals surface area (Å²) in [5, 5.41) is 21.2. The minimum atomic E-state index is 0.100. The van der Waals surface area contributed by atoms with Gasteiger partial charge in [0.1, 0.15) is 0 Å². The van der Waals surface area contributed by atoms with Gasteiger partial charge in [-0.1, -0.05) is 36.4 Å². The molecule has 18 rings (SSSR count). The van der Waals surface area contributed by atoms with E-state index in [0.717, 1.165) is 135 Å². The lowest BCUT2D eigenvalue weighted by Crippen LogP contribution is -2.23. The predicted octanol–water partition coefficient (Wildman–Crippen LogP) is 5.31. The van der Waals surface area contributed by atoms with Crippen LogP contribution in [-0.4, -0.2) is 234 Å². The maximum absolute atomic E-state index is 5.68. The second-order valence-electron chi connectivity index (χ2n) is 28.9. The molecule has 0 spiro atoms. The first-order valence-corrected chi connectivity index (χ1v) is 40.2. The predicted molar refractivity (Wildman–Crippen MR) is 485 cm³/mol. The Kier molecular flexibility index (Phi) is 30.1. The van der Waals surface area contributed by atoms with Crippen LogP contribution >= 0.6 is 0 Å². The van der Waals surface area contributed by atoms with Crippen LogP contribution in [0.5, 0.6) is 69.0 Å². The van der Waals surface area contributed by atoms with E-state index in [1.165, 1.54) is 0 Å². The van der Waals surface area contributed by atoms with Gasteiger partial charge in [-0.25, -0.2) is 0 Å². The quantitative estimate of drug-likeness (QED) is 0.0295. The topological polar surface area (TPSA) is 599 Å². The van der Waals surface area contributed by atoms with E-state index >= 15 is 0 Å². The number of nitrogens with one attached hydrogen (secondary N) is 7. The van der Waals surface area contributed by atoms with Crippen LogP contribution in [0.25, 0.3) is 0 Å². The summed E-state index contributed by atoms with van der Waals surface area (Å²) in [6.07, 6.45) is 3.21. The Hall–Kier alpha value is -16.6. The molecular formula is C81H102N36O12. The number of nitrogens with two attached hydrogens (primary N) is 6. The van der Waals surface area contributed by atoms with Gasteiger partial charge >= 0.3 is 0 Å². The summed E-state index contributed by atoms with van der Waals surface area (Å²) in [5.74, 6) is 16.3. The summed E-state index contributed by atoms with van der Waals surface area (Å²) in [7, 11) is 20.4. The van der Waals surface area contributed by atoms with Gasteiger partial charge in [0.05, 0.1) is 0 Å². The summed E-state index contributed by atoms with van der Waals surface area (Å²) >= 11 is 0. The van der Waals surface area contributed by atoms with Gasteiger partial charge in [-0.3, -0.25) is 0 Å². The van der Waals surface area contributed by atoms with Crippen molar-refractivity contribution in [3.63, 3.8) is 0 Å². The first-order chi connectivity index (χ1) is 62.4. The van der Waals surface area contributed by atoms with Gasteiger partial charge in [-0.2, -0.15) is 89.7 Å². The second kappa shape index (κ2) is 43.1. The van der Waals surface area contributed by atoms with Gasteiger partial charge in [0.2, 0.25) is 148 Å². The molecule has 6 aliphatic rings. The molecule has 6 aliphatic heterocycles. The minimum absolute atomic E-state index is 0.100. The third-order valence-corrected chi connectivity index (χ3v) is 18.8. The molecule has 48 heteroatoms. The maximum Gasteiger partial charge on any atom is 0.231 e. The molecule has 6 aromatic heterocycles. The Balaban J connectivity index is 0.000000132. The van der Waals surface area contributed by atoms with Gasteiger partial charge in [0.15, 0.2) is 69.0 Å². The Morgan fingerprint density at radius 3 is 0.822 bits per heavy atom. The zero-order valence-corrected chi connectivity index (χ0v) is 72.9. The molecule has 48 nitrogen and oxygen atoms in total. The van der Waals surface area contributed by atoms with Crippen molar-refractivity contribution < 1.29 is 56.8 Å². The Morgan fingerprint density at radius 1 is 0.240 bits per heavy atom. The highest BCUT2D eigenvalue weighted by molar-refractivity contribution is 5.54. The van der Waals surface area contributed by atoms with E-state index < -0.39 is 0 Å². The lowest BCUT2D eigenvalue weighted by molar-refractivity contribution is 0.173. The average Bonchev–Trinajstić information content (AvgIpc) is 1.73. The molecule has 12 aromatic rings. The molecule has 0 radical (unpaired) electrons. The molecule has 129 heavy (non-hydrogen) atoms. The number of benzene rings is 6. The Morgan fingerprint density at radius 2 is 0.473 bits per heavy atom. The smallest absolute Gasteiger partial charge is 0.231 e. The molecule has 6 aromatic carbocycles. The molecule has 678 valence electrons. The number of hydrogen-bond acceptors (Lipinski definition) is 48. The van der Waals surface area contributed by atoms with Gasteiger partial charge in [-0.05, 0) is 132 Å². The largest absolute Gasteiger partial charge is 0.454 e. The normalized spacial score (nSPS) is 12.3. The number of rotatable bonds is 28. The van der Waals surface area contributed by atoms with Gasteiger partial charge < -0.3 is 153 Å². The average molecular weight is 1770 g/mol. The zero-order chi connectivity index (χ0) is 90.9. The summed E-state index contributed by atoms with van der Waals surface area (Å²) in [4.78, 5) is 83.5. The molecule has 0 saturated heterocycles. The lowest BCUT2D eigenvalue weighted by atomic mass is 10.1. The van der Waals surface area contributed by atoms with Crippen molar-refractivity contribution in [3.05, 3.63) is 143 Å². The van der Waals surface area contributed by atoms with Crippen molar-refractivity contribution in [2.24, 2.45) is 0 Å². The highest BCUT2D eigenvalue weighted by atomic mass is 16.7. The SMILES string of the molecule is CN(C)c1nc(NCc2ccc3c(c2)OCO3)nc(N(C)C)n1.CN(CCc1ccc2c(c1)OCO2)c1nc(N)nc(N)n1.CNc1nc(N)nc(N(C)CCc2ccc3c(c2)OCO3)n1.CNc1nc(N)nc(NCCc2ccc3c(c2)OCO3)n1.CNc1nc(NCc2ccc3c(c2)OCO3)nc(N(C)C)n1.Nc1nc(N)nc(NCCc2ccc3c(c2)OCO3)n1. The molecule has 0 saturated carbocycles. The van der Waals surface area contributed by atoms with Crippen LogP contribution in [0.15, 0.2) is 109 Å². The van der Waals surface area contributed by atoms with Gasteiger partial charge in [0, 0.05) is 117 Å². The fourth-order valence-corrected chi connectivity index (χ4v) is 12.2. The first-order valence-electron chi connectivity index (χ1n) is 40.2. The van der Waals surface area contributed by atoms with E-state index in [0.29, 0.717) is 104 Å². The molecule has 0 bridgehead atoms. The first kappa shape index (κ1) is 90.1. The Labute approximate surface area is 741 Å². The number of fused-ring (bicyclic) bond motifs is 6. The van der Waals surface area contributed by atoms with E-state index in [1.807, 2.05) is 190 Å². The number of hydrogen-bond donors (Lipinski definition) is 13. The molecule has 0 unspecified atom stereocenters. The summed E-state index contributed by atoms with van der Waals surface area (Å²) in [6, 6.07) is 35.3. The molecular weight excluding hydrogens is 1670 g/mol. The van der Waals surface area contributed by atoms with Gasteiger partial charge in [0.25, 0.3) is 0 Å². The fraction of sp³-hybridized carbons (Fsp3) is 0.333. The zero-order valence-electron chi connectivity index (χ0n) is 72.9. The third-order valence-electron chi connectivity index (χ3n) is 18.8. The number of likely N-dealkylation sites (N-methyl/N-ethyl adjacent to an activating group) is 2. The molecule has 0 atom stereocenters. The number of aromatic nitrogens is 18. The number of nitrogens with zero attached hydrogens (tertiary/aromatic N) is 23. The van der Waals surface area contributed by atoms with E-state index in [1.54, 1.807) is 21.1 Å². The van der Waals surface area contributed by atoms with Crippen LogP contribution in [-0.2, 0) is 38.8 Å². The molecule has 0 aliphatic carbocycles. The van der Waals surface area contributed by atoms with Crippen LogP contribution in [0.3, 0.4) is 0 Å². The molecule has 19 N–H and O–H groups in total. The van der Waals surface area contributed by atoms with Crippen molar-refractivity contribution in [1.82, 2.24) is 89.7 Å². The Bertz CT molecular complexity index is 5730. The van der Waals surface area contributed by atoms with Crippen molar-refractivity contribution in [2.45, 2.75) is 38.8 Å². The maximum atomic E-state index is 5.68. The lowest BCUT2D eigenvalue weighted by Gasteiger charge is -2.17. The van der Waals surface area contributed by atoms with E-state index in [4.69, 9.17) is 91.2 Å². The molecule has 0 amide bonds. The van der Waals surface area contributed by atoms with Crippen LogP contribution in [0, 0.1) is 0 Å². The van der Waals surface area contributed by atoms with Crippen molar-refractivity contribution in [1.29, 1.82) is 0 Å².